The van der Waals surface area contributed by atoms with Crippen LogP contribution in [0.4, 0.5) is 14.5 Å². The molecular formula is C17H13F2N3O4. The van der Waals surface area contributed by atoms with Gasteiger partial charge in [-0.2, -0.15) is 0 Å². The predicted molar refractivity (Wildman–Crippen MR) is 87.8 cm³/mol. The predicted octanol–water partition coefficient (Wildman–Crippen LogP) is 1.73. The van der Waals surface area contributed by atoms with Crippen molar-refractivity contribution in [2.24, 2.45) is 10.7 Å². The van der Waals surface area contributed by atoms with Gasteiger partial charge in [-0.1, -0.05) is 6.07 Å². The number of anilines is 1. The second-order valence-electron chi connectivity index (χ2n) is 5.44. The van der Waals surface area contributed by atoms with E-state index in [1.54, 1.807) is 0 Å². The van der Waals surface area contributed by atoms with Crippen LogP contribution in [-0.2, 0) is 9.53 Å². The third-order valence-electron chi connectivity index (χ3n) is 3.69. The van der Waals surface area contributed by atoms with Crippen molar-refractivity contribution in [1.29, 1.82) is 0 Å². The molecule has 0 aliphatic carbocycles. The normalized spacial score (nSPS) is 18.8. The number of aliphatic imine (C=N–C) groups is 1. The molecule has 0 spiro atoms. The highest BCUT2D eigenvalue weighted by Gasteiger charge is 2.37. The molecular weight excluding hydrogens is 348 g/mol. The van der Waals surface area contributed by atoms with Crippen LogP contribution in [0.15, 0.2) is 47.5 Å². The summed E-state index contributed by atoms with van der Waals surface area (Å²) in [4.78, 5) is 26.4. The van der Waals surface area contributed by atoms with Crippen molar-refractivity contribution in [2.45, 2.75) is 12.3 Å². The fraction of sp³-hybridized carbons (Fsp3) is 0.118. The summed E-state index contributed by atoms with van der Waals surface area (Å²) in [6, 6.07) is 7.63. The van der Waals surface area contributed by atoms with Gasteiger partial charge in [-0.15, -0.1) is 0 Å². The molecule has 0 fully saturated rings. The van der Waals surface area contributed by atoms with Crippen LogP contribution >= 0.6 is 0 Å². The van der Waals surface area contributed by atoms with E-state index in [1.807, 2.05) is 0 Å². The molecule has 4 N–H and O–H groups in total. The number of carboxylic acids is 1. The quantitative estimate of drug-likeness (QED) is 0.750. The molecule has 26 heavy (non-hydrogen) atoms. The third kappa shape index (κ3) is 3.32. The van der Waals surface area contributed by atoms with Crippen molar-refractivity contribution in [3.8, 4) is 0 Å². The van der Waals surface area contributed by atoms with Gasteiger partial charge in [0.05, 0.1) is 5.56 Å². The molecule has 0 aromatic heterocycles. The number of carboxylic acid groups (broad SMARTS) is 1. The van der Waals surface area contributed by atoms with E-state index in [2.05, 4.69) is 10.3 Å². The number of rotatable bonds is 5. The zero-order chi connectivity index (χ0) is 18.8. The molecule has 1 aliphatic rings. The van der Waals surface area contributed by atoms with Gasteiger partial charge < -0.3 is 20.9 Å². The average Bonchev–Trinajstić information content (AvgIpc) is 2.99. The van der Waals surface area contributed by atoms with Crippen LogP contribution in [0.3, 0.4) is 0 Å². The van der Waals surface area contributed by atoms with E-state index in [0.717, 1.165) is 12.1 Å². The minimum atomic E-state index is -1.22. The van der Waals surface area contributed by atoms with Gasteiger partial charge in [-0.05, 0) is 36.4 Å². The smallest absolute Gasteiger partial charge is 0.335 e. The summed E-state index contributed by atoms with van der Waals surface area (Å²) in [6.45, 7) is 0. The van der Waals surface area contributed by atoms with Gasteiger partial charge >= 0.3 is 5.97 Å². The van der Waals surface area contributed by atoms with Crippen LogP contribution in [0.5, 0.6) is 0 Å². The first-order valence-electron chi connectivity index (χ1n) is 7.45. The molecule has 1 heterocycles. The average molecular weight is 361 g/mol. The summed E-state index contributed by atoms with van der Waals surface area (Å²) in [5.74, 6) is -4.11. The third-order valence-corrected chi connectivity index (χ3v) is 3.69. The molecule has 1 aliphatic heterocycles. The number of carbonyl (C=O) groups excluding carboxylic acids is 1. The molecule has 0 saturated heterocycles. The number of carbonyl (C=O) groups is 2. The Balaban J connectivity index is 1.85. The molecule has 0 bridgehead atoms. The number of amides is 1. The topological polar surface area (TPSA) is 114 Å². The van der Waals surface area contributed by atoms with Crippen molar-refractivity contribution < 1.29 is 28.2 Å². The van der Waals surface area contributed by atoms with Crippen LogP contribution in [0, 0.1) is 11.6 Å². The van der Waals surface area contributed by atoms with Gasteiger partial charge in [0.25, 0.3) is 0 Å². The summed E-state index contributed by atoms with van der Waals surface area (Å²) >= 11 is 0. The fourth-order valence-electron chi connectivity index (χ4n) is 2.43. The van der Waals surface area contributed by atoms with E-state index < -0.39 is 41.3 Å². The maximum absolute atomic E-state index is 13.9. The summed E-state index contributed by atoms with van der Waals surface area (Å²) in [5.41, 5.74) is 5.28. The first kappa shape index (κ1) is 17.3. The van der Waals surface area contributed by atoms with Gasteiger partial charge in [-0.25, -0.2) is 18.6 Å². The van der Waals surface area contributed by atoms with E-state index >= 15 is 0 Å². The number of halogens is 2. The summed E-state index contributed by atoms with van der Waals surface area (Å²) < 4.78 is 33.2. The highest BCUT2D eigenvalue weighted by Crippen LogP contribution is 2.24. The number of primary amides is 1. The van der Waals surface area contributed by atoms with Crippen LogP contribution in [0.1, 0.15) is 15.9 Å². The van der Waals surface area contributed by atoms with Crippen molar-refractivity contribution in [3.63, 3.8) is 0 Å². The van der Waals surface area contributed by atoms with Gasteiger partial charge in [0.15, 0.2) is 6.04 Å². The van der Waals surface area contributed by atoms with E-state index in [4.69, 9.17) is 15.6 Å². The Bertz CT molecular complexity index is 879. The number of nitrogens with zero attached hydrogens (tertiary/aromatic N) is 1. The molecule has 7 nitrogen and oxygen atoms in total. The Morgan fingerprint density at radius 3 is 2.27 bits per heavy atom. The Kier molecular flexibility index (Phi) is 4.53. The second kappa shape index (κ2) is 6.79. The molecule has 134 valence electrons. The van der Waals surface area contributed by atoms with E-state index in [9.17, 15) is 18.4 Å². The first-order valence-corrected chi connectivity index (χ1v) is 7.45. The van der Waals surface area contributed by atoms with Crippen LogP contribution in [-0.4, -0.2) is 35.2 Å². The number of nitrogens with one attached hydrogen (secondary N) is 1. The molecule has 9 heteroatoms. The Hall–Kier alpha value is -3.49. The Morgan fingerprint density at radius 1 is 1.12 bits per heavy atom. The van der Waals surface area contributed by atoms with Crippen molar-refractivity contribution in [2.75, 3.05) is 5.32 Å². The molecule has 2 aromatic carbocycles. The lowest BCUT2D eigenvalue weighted by Crippen LogP contribution is -2.40. The molecule has 0 saturated carbocycles. The van der Waals surface area contributed by atoms with Crippen molar-refractivity contribution >= 4 is 23.5 Å². The van der Waals surface area contributed by atoms with E-state index in [0.29, 0.717) is 5.69 Å². The van der Waals surface area contributed by atoms with Gasteiger partial charge in [-0.3, -0.25) is 4.79 Å². The molecule has 1 amide bonds. The summed E-state index contributed by atoms with van der Waals surface area (Å²) in [7, 11) is 0. The highest BCUT2D eigenvalue weighted by atomic mass is 19.1. The zero-order valence-corrected chi connectivity index (χ0v) is 13.1. The number of benzene rings is 2. The molecule has 2 unspecified atom stereocenters. The second-order valence-corrected chi connectivity index (χ2v) is 5.44. The van der Waals surface area contributed by atoms with Crippen molar-refractivity contribution in [3.05, 3.63) is 65.2 Å². The number of hydrogen-bond acceptors (Lipinski definition) is 5. The number of aromatic carboxylic acids is 1. The van der Waals surface area contributed by atoms with Crippen molar-refractivity contribution in [1.82, 2.24) is 0 Å². The van der Waals surface area contributed by atoms with Gasteiger partial charge in [0.1, 0.15) is 17.2 Å². The van der Waals surface area contributed by atoms with Crippen LogP contribution in [0.2, 0.25) is 0 Å². The number of ether oxygens (including phenoxy) is 1. The lowest BCUT2D eigenvalue weighted by Gasteiger charge is -2.18. The zero-order valence-electron chi connectivity index (χ0n) is 13.1. The van der Waals surface area contributed by atoms with Gasteiger partial charge in [0.2, 0.25) is 18.0 Å². The van der Waals surface area contributed by atoms with E-state index in [1.165, 1.54) is 30.3 Å². The Morgan fingerprint density at radius 2 is 1.73 bits per heavy atom. The first-order chi connectivity index (χ1) is 12.4. The monoisotopic (exact) mass is 361 g/mol. The SMILES string of the molecule is NC(=O)C1N=C(c2c(F)cccc2F)OC1Nc1ccc(C(=O)O)cc1. The lowest BCUT2D eigenvalue weighted by molar-refractivity contribution is -0.120. The Labute approximate surface area is 146 Å². The lowest BCUT2D eigenvalue weighted by atomic mass is 10.2. The molecule has 3 rings (SSSR count). The highest BCUT2D eigenvalue weighted by molar-refractivity contribution is 5.99. The summed E-state index contributed by atoms with van der Waals surface area (Å²) in [6.07, 6.45) is -1.10. The van der Waals surface area contributed by atoms with Gasteiger partial charge in [0, 0.05) is 5.69 Å². The largest absolute Gasteiger partial charge is 0.478 e. The fourth-order valence-corrected chi connectivity index (χ4v) is 2.43. The standard InChI is InChI=1S/C17H13F2N3O4/c18-10-2-1-3-11(19)12(10)15-22-13(14(20)23)16(26-15)21-9-6-4-8(5-7-9)17(24)25/h1-7,13,16,21H,(H2,20,23)(H,24,25). The maximum atomic E-state index is 13.9. The minimum absolute atomic E-state index is 0.0692. The molecule has 2 atom stereocenters. The van der Waals surface area contributed by atoms with Crippen LogP contribution in [0.25, 0.3) is 0 Å². The van der Waals surface area contributed by atoms with E-state index in [-0.39, 0.29) is 11.5 Å². The minimum Gasteiger partial charge on any atom is -0.478 e. The number of nitrogens with two attached hydrogens (primary N) is 1. The molecule has 0 radical (unpaired) electrons. The van der Waals surface area contributed by atoms with Crippen LogP contribution < -0.4 is 11.1 Å². The maximum Gasteiger partial charge on any atom is 0.335 e. The molecule has 2 aromatic rings. The summed E-state index contributed by atoms with van der Waals surface area (Å²) in [5, 5.41) is 11.7. The number of hydrogen-bond donors (Lipinski definition) is 3.